The SMILES string of the molecule is CC.CSN1CCOCC1. The fourth-order valence-corrected chi connectivity index (χ4v) is 1.24. The van der Waals surface area contributed by atoms with E-state index in [9.17, 15) is 0 Å². The van der Waals surface area contributed by atoms with E-state index in [-0.39, 0.29) is 0 Å². The Morgan fingerprint density at radius 1 is 1.20 bits per heavy atom. The van der Waals surface area contributed by atoms with Gasteiger partial charge >= 0.3 is 0 Å². The molecule has 0 aromatic rings. The molecule has 1 saturated heterocycles. The molecule has 1 aliphatic rings. The average molecular weight is 163 g/mol. The summed E-state index contributed by atoms with van der Waals surface area (Å²) in [5.74, 6) is 0. The lowest BCUT2D eigenvalue weighted by Crippen LogP contribution is -2.30. The van der Waals surface area contributed by atoms with Gasteiger partial charge in [-0.25, -0.2) is 4.31 Å². The fraction of sp³-hybridized carbons (Fsp3) is 1.00. The Morgan fingerprint density at radius 3 is 2.00 bits per heavy atom. The van der Waals surface area contributed by atoms with Crippen molar-refractivity contribution in [2.45, 2.75) is 13.8 Å². The smallest absolute Gasteiger partial charge is 0.0603 e. The first-order valence-electron chi connectivity index (χ1n) is 3.80. The van der Waals surface area contributed by atoms with E-state index < -0.39 is 0 Å². The van der Waals surface area contributed by atoms with Crippen molar-refractivity contribution in [3.63, 3.8) is 0 Å². The predicted octanol–water partition coefficient (Wildman–Crippen LogP) is 1.62. The van der Waals surface area contributed by atoms with Crippen molar-refractivity contribution in [3.8, 4) is 0 Å². The summed E-state index contributed by atoms with van der Waals surface area (Å²) in [7, 11) is 0. The summed E-state index contributed by atoms with van der Waals surface area (Å²) in [5, 5.41) is 0. The summed E-state index contributed by atoms with van der Waals surface area (Å²) >= 11 is 1.80. The molecule has 0 N–H and O–H groups in total. The molecule has 0 saturated carbocycles. The number of morpholine rings is 1. The third-order valence-corrected chi connectivity index (χ3v) is 2.11. The molecule has 0 aliphatic carbocycles. The van der Waals surface area contributed by atoms with Gasteiger partial charge in [0, 0.05) is 13.1 Å². The third-order valence-electron chi connectivity index (χ3n) is 1.23. The molecule has 62 valence electrons. The van der Waals surface area contributed by atoms with Crippen LogP contribution in [0.5, 0.6) is 0 Å². The van der Waals surface area contributed by atoms with Crippen molar-refractivity contribution in [1.29, 1.82) is 0 Å². The molecule has 0 bridgehead atoms. The van der Waals surface area contributed by atoms with Crippen molar-refractivity contribution < 1.29 is 4.74 Å². The fourth-order valence-electron chi connectivity index (χ4n) is 0.729. The molecule has 0 spiro atoms. The number of rotatable bonds is 1. The minimum Gasteiger partial charge on any atom is -0.379 e. The number of hydrogen-bond donors (Lipinski definition) is 0. The minimum atomic E-state index is 0.904. The van der Waals surface area contributed by atoms with Crippen LogP contribution in [0.2, 0.25) is 0 Å². The molecule has 0 radical (unpaired) electrons. The van der Waals surface area contributed by atoms with Crippen molar-refractivity contribution in [2.75, 3.05) is 32.6 Å². The molecule has 0 aromatic carbocycles. The molecule has 0 unspecified atom stereocenters. The van der Waals surface area contributed by atoms with Crippen molar-refractivity contribution in [2.24, 2.45) is 0 Å². The molecule has 1 aliphatic heterocycles. The van der Waals surface area contributed by atoms with Crippen LogP contribution in [0.4, 0.5) is 0 Å². The van der Waals surface area contributed by atoms with E-state index >= 15 is 0 Å². The standard InChI is InChI=1S/C5H11NOS.C2H6/c1-8-6-2-4-7-5-3-6;1-2/h2-5H2,1H3;1-2H3. The number of hydrogen-bond acceptors (Lipinski definition) is 3. The van der Waals surface area contributed by atoms with Crippen LogP contribution in [0.15, 0.2) is 0 Å². The Balaban J connectivity index is 0.000000371. The van der Waals surface area contributed by atoms with Crippen LogP contribution >= 0.6 is 11.9 Å². The summed E-state index contributed by atoms with van der Waals surface area (Å²) in [6.07, 6.45) is 2.10. The van der Waals surface area contributed by atoms with E-state index in [0.717, 1.165) is 26.3 Å². The van der Waals surface area contributed by atoms with Gasteiger partial charge in [-0.1, -0.05) is 25.8 Å². The molecular weight excluding hydrogens is 146 g/mol. The van der Waals surface area contributed by atoms with Gasteiger partial charge in [0.2, 0.25) is 0 Å². The summed E-state index contributed by atoms with van der Waals surface area (Å²) in [6, 6.07) is 0. The van der Waals surface area contributed by atoms with Crippen LogP contribution in [-0.4, -0.2) is 36.9 Å². The number of nitrogens with zero attached hydrogens (tertiary/aromatic N) is 1. The van der Waals surface area contributed by atoms with E-state index in [1.54, 1.807) is 11.9 Å². The lowest BCUT2D eigenvalue weighted by molar-refractivity contribution is 0.0775. The molecule has 2 nitrogen and oxygen atoms in total. The van der Waals surface area contributed by atoms with Gasteiger partial charge in [0.05, 0.1) is 13.2 Å². The first-order valence-corrected chi connectivity index (χ1v) is 4.98. The third kappa shape index (κ3) is 4.14. The Labute approximate surface area is 68.1 Å². The highest BCUT2D eigenvalue weighted by atomic mass is 32.2. The zero-order valence-corrected chi connectivity index (χ0v) is 7.91. The summed E-state index contributed by atoms with van der Waals surface area (Å²) in [4.78, 5) is 0. The van der Waals surface area contributed by atoms with Gasteiger partial charge in [-0.15, -0.1) is 0 Å². The van der Waals surface area contributed by atoms with Gasteiger partial charge in [-0.05, 0) is 6.26 Å². The second kappa shape index (κ2) is 7.38. The topological polar surface area (TPSA) is 12.5 Å². The Bertz CT molecular complexity index is 64.6. The van der Waals surface area contributed by atoms with Crippen molar-refractivity contribution >= 4 is 11.9 Å². The zero-order chi connectivity index (χ0) is 7.82. The van der Waals surface area contributed by atoms with Gasteiger partial charge < -0.3 is 4.74 Å². The largest absolute Gasteiger partial charge is 0.379 e. The second-order valence-electron chi connectivity index (χ2n) is 1.72. The quantitative estimate of drug-likeness (QED) is 0.545. The lowest BCUT2D eigenvalue weighted by atomic mass is 10.5. The highest BCUT2D eigenvalue weighted by molar-refractivity contribution is 7.96. The lowest BCUT2D eigenvalue weighted by Gasteiger charge is -2.23. The molecule has 1 heterocycles. The van der Waals surface area contributed by atoms with Gasteiger partial charge in [0.25, 0.3) is 0 Å². The summed E-state index contributed by atoms with van der Waals surface area (Å²) < 4.78 is 7.46. The van der Waals surface area contributed by atoms with Crippen LogP contribution in [0, 0.1) is 0 Å². The molecule has 0 atom stereocenters. The normalized spacial score (nSPS) is 19.5. The molecular formula is C7H17NOS. The summed E-state index contributed by atoms with van der Waals surface area (Å²) in [5.41, 5.74) is 0. The van der Waals surface area contributed by atoms with Gasteiger partial charge in [-0.3, -0.25) is 0 Å². The Morgan fingerprint density at radius 2 is 1.70 bits per heavy atom. The zero-order valence-electron chi connectivity index (χ0n) is 7.09. The molecule has 0 aromatic heterocycles. The van der Waals surface area contributed by atoms with E-state index in [1.807, 2.05) is 13.8 Å². The van der Waals surface area contributed by atoms with Crippen LogP contribution in [0.1, 0.15) is 13.8 Å². The van der Waals surface area contributed by atoms with E-state index in [4.69, 9.17) is 4.74 Å². The first-order chi connectivity index (χ1) is 4.93. The van der Waals surface area contributed by atoms with Crippen LogP contribution in [-0.2, 0) is 4.74 Å². The van der Waals surface area contributed by atoms with Gasteiger partial charge in [0.15, 0.2) is 0 Å². The van der Waals surface area contributed by atoms with E-state index in [0.29, 0.717) is 0 Å². The Kier molecular flexibility index (Phi) is 7.58. The van der Waals surface area contributed by atoms with Gasteiger partial charge in [-0.2, -0.15) is 0 Å². The first kappa shape index (κ1) is 10.3. The molecule has 1 rings (SSSR count). The van der Waals surface area contributed by atoms with E-state index in [1.165, 1.54) is 0 Å². The highest BCUT2D eigenvalue weighted by Gasteiger charge is 2.06. The monoisotopic (exact) mass is 163 g/mol. The maximum absolute atomic E-state index is 5.15. The molecule has 3 heteroatoms. The average Bonchev–Trinajstić information content (AvgIpc) is 2.10. The predicted molar refractivity (Wildman–Crippen MR) is 47.3 cm³/mol. The van der Waals surface area contributed by atoms with Gasteiger partial charge in [0.1, 0.15) is 0 Å². The molecule has 10 heavy (non-hydrogen) atoms. The summed E-state index contributed by atoms with van der Waals surface area (Å²) in [6.45, 7) is 7.98. The van der Waals surface area contributed by atoms with Crippen LogP contribution in [0.3, 0.4) is 0 Å². The number of ether oxygens (including phenoxy) is 1. The van der Waals surface area contributed by atoms with E-state index in [2.05, 4.69) is 10.6 Å². The van der Waals surface area contributed by atoms with Crippen molar-refractivity contribution in [3.05, 3.63) is 0 Å². The maximum Gasteiger partial charge on any atom is 0.0603 e. The second-order valence-corrected chi connectivity index (χ2v) is 2.61. The molecule has 0 amide bonds. The van der Waals surface area contributed by atoms with Crippen LogP contribution in [0.25, 0.3) is 0 Å². The highest BCUT2D eigenvalue weighted by Crippen LogP contribution is 2.06. The maximum atomic E-state index is 5.15. The minimum absolute atomic E-state index is 0.904. The molecule has 1 fully saturated rings. The van der Waals surface area contributed by atoms with Crippen LogP contribution < -0.4 is 0 Å². The Hall–Kier alpha value is 0.270. The van der Waals surface area contributed by atoms with Crippen molar-refractivity contribution in [1.82, 2.24) is 4.31 Å².